The molecule has 0 spiro atoms. The lowest BCUT2D eigenvalue weighted by Gasteiger charge is -2.05. The largest absolute Gasteiger partial charge is 0.449 e. The van der Waals surface area contributed by atoms with Gasteiger partial charge in [0.05, 0.1) is 0 Å². The van der Waals surface area contributed by atoms with Crippen LogP contribution in [-0.2, 0) is 0 Å². The van der Waals surface area contributed by atoms with Crippen molar-refractivity contribution in [3.8, 4) is 0 Å². The van der Waals surface area contributed by atoms with E-state index in [2.05, 4.69) is 0 Å². The number of carbonyl (C=O) groups excluding carboxylic acids is 1. The van der Waals surface area contributed by atoms with Crippen LogP contribution in [0.5, 0.6) is 0 Å². The SMILES string of the molecule is O=C(SC(F)(F)F)c1ccc2ccccc2c1. The minimum Gasteiger partial charge on any atom is -0.281 e. The van der Waals surface area contributed by atoms with E-state index in [0.29, 0.717) is 0 Å². The fourth-order valence-corrected chi connectivity index (χ4v) is 1.94. The molecule has 0 aliphatic rings. The topological polar surface area (TPSA) is 17.1 Å². The van der Waals surface area contributed by atoms with Gasteiger partial charge in [-0.15, -0.1) is 0 Å². The van der Waals surface area contributed by atoms with Crippen molar-refractivity contribution in [2.24, 2.45) is 0 Å². The lowest BCUT2D eigenvalue weighted by molar-refractivity contribution is -0.0322. The molecular formula is C12H7F3OS. The van der Waals surface area contributed by atoms with Crippen LogP contribution >= 0.6 is 11.8 Å². The average Bonchev–Trinajstić information content (AvgIpc) is 2.26. The maximum Gasteiger partial charge on any atom is 0.449 e. The summed E-state index contributed by atoms with van der Waals surface area (Å²) in [5.41, 5.74) is -4.48. The minimum absolute atomic E-state index is 0.0611. The van der Waals surface area contributed by atoms with Crippen LogP contribution < -0.4 is 0 Å². The standard InChI is InChI=1S/C12H7F3OS/c13-12(14,15)17-11(16)10-6-5-8-3-1-2-4-9(8)7-10/h1-7H. The third-order valence-corrected chi connectivity index (χ3v) is 2.85. The van der Waals surface area contributed by atoms with E-state index in [1.165, 1.54) is 12.1 Å². The molecule has 1 nitrogen and oxygen atoms in total. The Labute approximate surface area is 99.6 Å². The molecule has 88 valence electrons. The molecule has 0 aliphatic carbocycles. The molecule has 2 aromatic carbocycles. The van der Waals surface area contributed by atoms with Gasteiger partial charge < -0.3 is 0 Å². The second-order valence-electron chi connectivity index (χ2n) is 3.40. The first-order chi connectivity index (χ1) is 7.96. The summed E-state index contributed by atoms with van der Waals surface area (Å²) in [6.45, 7) is 0. The van der Waals surface area contributed by atoms with E-state index in [-0.39, 0.29) is 5.56 Å². The molecule has 0 bridgehead atoms. The molecule has 0 N–H and O–H groups in total. The van der Waals surface area contributed by atoms with Crippen LogP contribution in [0.4, 0.5) is 13.2 Å². The highest BCUT2D eigenvalue weighted by atomic mass is 32.2. The third-order valence-electron chi connectivity index (χ3n) is 2.19. The van der Waals surface area contributed by atoms with Gasteiger partial charge in [-0.05, 0) is 22.9 Å². The van der Waals surface area contributed by atoms with Crippen LogP contribution in [0.25, 0.3) is 10.8 Å². The predicted molar refractivity (Wildman–Crippen MR) is 61.9 cm³/mol. The van der Waals surface area contributed by atoms with Crippen molar-refractivity contribution < 1.29 is 18.0 Å². The van der Waals surface area contributed by atoms with Crippen LogP contribution in [0, 0.1) is 0 Å². The summed E-state index contributed by atoms with van der Waals surface area (Å²) in [4.78, 5) is 11.3. The Balaban J connectivity index is 2.33. The van der Waals surface area contributed by atoms with Gasteiger partial charge in [-0.3, -0.25) is 4.79 Å². The molecule has 0 atom stereocenters. The Bertz CT molecular complexity index is 563. The predicted octanol–water partition coefficient (Wildman–Crippen LogP) is 4.23. The first-order valence-corrected chi connectivity index (χ1v) is 5.56. The number of fused-ring (bicyclic) bond motifs is 1. The van der Waals surface area contributed by atoms with E-state index >= 15 is 0 Å². The highest BCUT2D eigenvalue weighted by Gasteiger charge is 2.33. The second-order valence-corrected chi connectivity index (χ2v) is 4.44. The number of hydrogen-bond donors (Lipinski definition) is 0. The van der Waals surface area contributed by atoms with Gasteiger partial charge in [0.1, 0.15) is 0 Å². The highest BCUT2D eigenvalue weighted by molar-refractivity contribution is 8.14. The van der Waals surface area contributed by atoms with Gasteiger partial charge >= 0.3 is 5.51 Å². The average molecular weight is 256 g/mol. The van der Waals surface area contributed by atoms with Gasteiger partial charge in [-0.2, -0.15) is 13.2 Å². The van der Waals surface area contributed by atoms with E-state index in [4.69, 9.17) is 0 Å². The monoisotopic (exact) mass is 256 g/mol. The normalized spacial score (nSPS) is 11.7. The smallest absolute Gasteiger partial charge is 0.281 e. The van der Waals surface area contributed by atoms with E-state index in [1.807, 2.05) is 12.1 Å². The summed E-state index contributed by atoms with van der Waals surface area (Å²) >= 11 is -0.621. The van der Waals surface area contributed by atoms with Crippen LogP contribution in [0.3, 0.4) is 0 Å². The fraction of sp³-hybridized carbons (Fsp3) is 0.0833. The molecule has 0 amide bonds. The second kappa shape index (κ2) is 4.41. The number of thioether (sulfide) groups is 1. The summed E-state index contributed by atoms with van der Waals surface area (Å²) in [6.07, 6.45) is 0. The molecule has 0 radical (unpaired) electrons. The molecule has 17 heavy (non-hydrogen) atoms. The first-order valence-electron chi connectivity index (χ1n) is 4.74. The lowest BCUT2D eigenvalue weighted by atomic mass is 10.1. The van der Waals surface area contributed by atoms with E-state index in [9.17, 15) is 18.0 Å². The molecule has 0 saturated heterocycles. The van der Waals surface area contributed by atoms with Crippen molar-refractivity contribution in [1.82, 2.24) is 0 Å². The quantitative estimate of drug-likeness (QED) is 0.759. The van der Waals surface area contributed by atoms with Gasteiger partial charge in [-0.1, -0.05) is 30.3 Å². The molecule has 0 fully saturated rings. The molecule has 0 heterocycles. The Morgan fingerprint density at radius 1 is 1.00 bits per heavy atom. The zero-order valence-electron chi connectivity index (χ0n) is 8.49. The van der Waals surface area contributed by atoms with E-state index in [0.717, 1.165) is 10.8 Å². The zero-order chi connectivity index (χ0) is 12.5. The van der Waals surface area contributed by atoms with Crippen molar-refractivity contribution in [2.75, 3.05) is 0 Å². The van der Waals surface area contributed by atoms with Crippen LogP contribution in [0.15, 0.2) is 42.5 Å². The zero-order valence-corrected chi connectivity index (χ0v) is 9.31. The fourth-order valence-electron chi connectivity index (χ4n) is 1.48. The van der Waals surface area contributed by atoms with Gasteiger partial charge in [0.15, 0.2) is 0 Å². The van der Waals surface area contributed by atoms with Crippen molar-refractivity contribution in [2.45, 2.75) is 5.51 Å². The number of hydrogen-bond acceptors (Lipinski definition) is 2. The highest BCUT2D eigenvalue weighted by Crippen LogP contribution is 2.33. The molecule has 2 aromatic rings. The van der Waals surface area contributed by atoms with Crippen molar-refractivity contribution in [1.29, 1.82) is 0 Å². The third kappa shape index (κ3) is 3.00. The van der Waals surface area contributed by atoms with Gasteiger partial charge in [0.2, 0.25) is 5.12 Å². The van der Waals surface area contributed by atoms with Crippen LogP contribution in [-0.4, -0.2) is 10.6 Å². The Morgan fingerprint density at radius 2 is 1.65 bits per heavy atom. The molecule has 0 saturated carbocycles. The van der Waals surface area contributed by atoms with Crippen LogP contribution in [0.1, 0.15) is 10.4 Å². The van der Waals surface area contributed by atoms with Crippen molar-refractivity contribution in [3.63, 3.8) is 0 Å². The maximum atomic E-state index is 12.0. The molecule has 0 unspecified atom stereocenters. The molecule has 0 aliphatic heterocycles. The van der Waals surface area contributed by atoms with Crippen molar-refractivity contribution in [3.05, 3.63) is 48.0 Å². The number of benzene rings is 2. The van der Waals surface area contributed by atoms with Crippen molar-refractivity contribution >= 4 is 27.6 Å². The van der Waals surface area contributed by atoms with E-state index < -0.39 is 22.4 Å². The maximum absolute atomic E-state index is 12.0. The first kappa shape index (κ1) is 12.0. The van der Waals surface area contributed by atoms with Gasteiger partial charge in [-0.25, -0.2) is 0 Å². The Morgan fingerprint density at radius 3 is 2.29 bits per heavy atom. The van der Waals surface area contributed by atoms with E-state index in [1.54, 1.807) is 18.2 Å². The summed E-state index contributed by atoms with van der Waals surface area (Å²) in [5.74, 6) is 0. The van der Waals surface area contributed by atoms with Gasteiger partial charge in [0, 0.05) is 17.3 Å². The molecular weight excluding hydrogens is 249 g/mol. The Kier molecular flexibility index (Phi) is 3.11. The summed E-state index contributed by atoms with van der Waals surface area (Å²) in [7, 11) is 0. The number of rotatable bonds is 1. The molecule has 5 heteroatoms. The molecule has 0 aromatic heterocycles. The number of carbonyl (C=O) groups is 1. The number of halogens is 3. The summed E-state index contributed by atoms with van der Waals surface area (Å²) in [6, 6.07) is 11.7. The summed E-state index contributed by atoms with van der Waals surface area (Å²) in [5, 5.41) is 0.658. The Hall–Kier alpha value is -1.49. The molecule has 2 rings (SSSR count). The van der Waals surface area contributed by atoms with Crippen LogP contribution in [0.2, 0.25) is 0 Å². The van der Waals surface area contributed by atoms with Gasteiger partial charge in [0.25, 0.3) is 0 Å². The minimum atomic E-state index is -4.54. The lowest BCUT2D eigenvalue weighted by Crippen LogP contribution is -2.06. The number of alkyl halides is 3. The summed E-state index contributed by atoms with van der Waals surface area (Å²) < 4.78 is 36.1.